The van der Waals surface area contributed by atoms with Gasteiger partial charge >= 0.3 is 0 Å². The zero-order valence-electron chi connectivity index (χ0n) is 18.2. The summed E-state index contributed by atoms with van der Waals surface area (Å²) in [5, 5.41) is 0.540. The molecule has 170 valence electrons. The van der Waals surface area contributed by atoms with E-state index in [2.05, 4.69) is 0 Å². The lowest BCUT2D eigenvalue weighted by Crippen LogP contribution is -2.19. The molecule has 2 aromatic heterocycles. The summed E-state index contributed by atoms with van der Waals surface area (Å²) in [6.07, 6.45) is 0.796. The van der Waals surface area contributed by atoms with E-state index < -0.39 is 0 Å². The molecule has 0 aliphatic carbocycles. The van der Waals surface area contributed by atoms with E-state index in [4.69, 9.17) is 26.7 Å². The standard InChI is InChI=1S/C23H21N3O4S3/c1-4-30-17-8-6-16(7-9-17)26-20-19(33-23(26)31)21(28)25(2)22(24-20)32-13-15-11-14(12-27)5-10-18(15)29-3/h5-12H,4,13H2,1-3H3. The van der Waals surface area contributed by atoms with Crippen LogP contribution in [0.2, 0.25) is 0 Å². The number of ether oxygens (including phenoxy) is 2. The van der Waals surface area contributed by atoms with Gasteiger partial charge in [0.25, 0.3) is 5.56 Å². The fourth-order valence-corrected chi connectivity index (χ4v) is 5.64. The van der Waals surface area contributed by atoms with Crippen molar-refractivity contribution in [2.45, 2.75) is 17.8 Å². The molecule has 10 heteroatoms. The van der Waals surface area contributed by atoms with Crippen molar-refractivity contribution in [3.8, 4) is 17.2 Å². The molecule has 0 spiro atoms. The number of carbonyl (C=O) groups is 1. The van der Waals surface area contributed by atoms with Crippen LogP contribution in [0.15, 0.2) is 52.4 Å². The van der Waals surface area contributed by atoms with Crippen molar-refractivity contribution in [2.75, 3.05) is 13.7 Å². The molecular formula is C23H21N3O4S3. The lowest BCUT2D eigenvalue weighted by atomic mass is 10.1. The minimum atomic E-state index is -0.156. The zero-order chi connectivity index (χ0) is 23.5. The number of rotatable bonds is 8. The van der Waals surface area contributed by atoms with E-state index in [1.165, 1.54) is 27.7 Å². The van der Waals surface area contributed by atoms with Gasteiger partial charge in [0.15, 0.2) is 14.8 Å². The van der Waals surface area contributed by atoms with Crippen LogP contribution >= 0.6 is 35.3 Å². The fourth-order valence-electron chi connectivity index (χ4n) is 3.35. The summed E-state index contributed by atoms with van der Waals surface area (Å²) in [6, 6.07) is 12.8. The highest BCUT2D eigenvalue weighted by Gasteiger charge is 2.17. The molecule has 0 aliphatic heterocycles. The van der Waals surface area contributed by atoms with E-state index >= 15 is 0 Å². The Labute approximate surface area is 203 Å². The highest BCUT2D eigenvalue weighted by Crippen LogP contribution is 2.30. The van der Waals surface area contributed by atoms with E-state index in [-0.39, 0.29) is 5.56 Å². The van der Waals surface area contributed by atoms with Crippen molar-refractivity contribution in [3.05, 3.63) is 67.9 Å². The summed E-state index contributed by atoms with van der Waals surface area (Å²) in [4.78, 5) is 29.1. The summed E-state index contributed by atoms with van der Waals surface area (Å²) in [7, 11) is 3.28. The van der Waals surface area contributed by atoms with Gasteiger partial charge in [-0.1, -0.05) is 23.1 Å². The van der Waals surface area contributed by atoms with Gasteiger partial charge in [-0.2, -0.15) is 0 Å². The highest BCUT2D eigenvalue weighted by molar-refractivity contribution is 7.98. The van der Waals surface area contributed by atoms with Gasteiger partial charge in [0.05, 0.1) is 13.7 Å². The number of thioether (sulfide) groups is 1. The molecule has 0 unspecified atom stereocenters. The van der Waals surface area contributed by atoms with E-state index in [0.29, 0.717) is 43.1 Å². The van der Waals surface area contributed by atoms with Gasteiger partial charge in [0.1, 0.15) is 22.5 Å². The molecule has 7 nitrogen and oxygen atoms in total. The second-order valence-corrected chi connectivity index (χ2v) is 9.61. The number of nitrogens with zero attached hydrogens (tertiary/aromatic N) is 3. The maximum Gasteiger partial charge on any atom is 0.273 e. The molecule has 0 aliphatic rings. The number of carbonyl (C=O) groups excluding carboxylic acids is 1. The Morgan fingerprint density at radius 3 is 2.64 bits per heavy atom. The maximum absolute atomic E-state index is 13.1. The lowest BCUT2D eigenvalue weighted by molar-refractivity contribution is 0.112. The summed E-state index contributed by atoms with van der Waals surface area (Å²) < 4.78 is 15.3. The number of aromatic nitrogens is 3. The summed E-state index contributed by atoms with van der Waals surface area (Å²) >= 11 is 8.21. The molecule has 2 aromatic carbocycles. The van der Waals surface area contributed by atoms with Crippen LogP contribution in [0, 0.1) is 3.95 Å². The monoisotopic (exact) mass is 499 g/mol. The topological polar surface area (TPSA) is 75.3 Å². The van der Waals surface area contributed by atoms with Crippen LogP contribution in [0.4, 0.5) is 0 Å². The van der Waals surface area contributed by atoms with Crippen LogP contribution < -0.4 is 15.0 Å². The first-order valence-electron chi connectivity index (χ1n) is 10.1. The largest absolute Gasteiger partial charge is 0.496 e. The molecule has 0 N–H and O–H groups in total. The number of hydrogen-bond donors (Lipinski definition) is 0. The molecule has 0 saturated heterocycles. The molecule has 33 heavy (non-hydrogen) atoms. The zero-order valence-corrected chi connectivity index (χ0v) is 20.7. The summed E-state index contributed by atoms with van der Waals surface area (Å²) in [6.45, 7) is 2.51. The van der Waals surface area contributed by atoms with E-state index in [9.17, 15) is 9.59 Å². The minimum absolute atomic E-state index is 0.156. The van der Waals surface area contributed by atoms with E-state index in [1.807, 2.05) is 35.8 Å². The Morgan fingerprint density at radius 2 is 1.97 bits per heavy atom. The van der Waals surface area contributed by atoms with Crippen LogP contribution in [-0.2, 0) is 12.8 Å². The van der Waals surface area contributed by atoms with Crippen molar-refractivity contribution < 1.29 is 14.3 Å². The number of methoxy groups -OCH3 is 1. The molecule has 0 bridgehead atoms. The van der Waals surface area contributed by atoms with Crippen molar-refractivity contribution in [1.82, 2.24) is 14.1 Å². The highest BCUT2D eigenvalue weighted by atomic mass is 32.2. The number of aldehydes is 1. The first-order chi connectivity index (χ1) is 16.0. The Kier molecular flexibility index (Phi) is 6.96. The quantitative estimate of drug-likeness (QED) is 0.146. The van der Waals surface area contributed by atoms with Gasteiger partial charge < -0.3 is 9.47 Å². The lowest BCUT2D eigenvalue weighted by Gasteiger charge is -2.11. The average molecular weight is 500 g/mol. The van der Waals surface area contributed by atoms with Gasteiger partial charge in [-0.3, -0.25) is 18.7 Å². The minimum Gasteiger partial charge on any atom is -0.496 e. The molecule has 2 heterocycles. The van der Waals surface area contributed by atoms with Crippen molar-refractivity contribution in [3.63, 3.8) is 0 Å². The van der Waals surface area contributed by atoms with Gasteiger partial charge in [-0.05, 0) is 61.6 Å². The molecule has 0 saturated carbocycles. The van der Waals surface area contributed by atoms with Crippen molar-refractivity contribution in [1.29, 1.82) is 0 Å². The molecule has 0 radical (unpaired) electrons. The third-order valence-electron chi connectivity index (χ3n) is 4.98. The number of thiazole rings is 1. The molecule has 4 aromatic rings. The summed E-state index contributed by atoms with van der Waals surface area (Å²) in [5.41, 5.74) is 2.58. The van der Waals surface area contributed by atoms with Gasteiger partial charge in [-0.15, -0.1) is 0 Å². The fraction of sp³-hybridized carbons (Fsp3) is 0.217. The van der Waals surface area contributed by atoms with Crippen LogP contribution in [-0.4, -0.2) is 34.1 Å². The van der Waals surface area contributed by atoms with Crippen molar-refractivity contribution in [2.24, 2.45) is 7.05 Å². The Hall–Kier alpha value is -2.95. The molecule has 0 atom stereocenters. The number of fused-ring (bicyclic) bond motifs is 1. The first-order valence-corrected chi connectivity index (χ1v) is 12.3. The predicted molar refractivity (Wildman–Crippen MR) is 134 cm³/mol. The Balaban J connectivity index is 1.76. The summed E-state index contributed by atoms with van der Waals surface area (Å²) in [5.74, 6) is 1.91. The normalized spacial score (nSPS) is 11.0. The molecular weight excluding hydrogens is 478 g/mol. The van der Waals surface area contributed by atoms with Crippen LogP contribution in [0.3, 0.4) is 0 Å². The third kappa shape index (κ3) is 4.59. The average Bonchev–Trinajstić information content (AvgIpc) is 3.16. The first kappa shape index (κ1) is 23.2. The van der Waals surface area contributed by atoms with E-state index in [1.54, 1.807) is 32.4 Å². The maximum atomic E-state index is 13.1. The molecule has 0 fully saturated rings. The molecule has 4 rings (SSSR count). The number of hydrogen-bond acceptors (Lipinski definition) is 8. The van der Waals surface area contributed by atoms with Gasteiger partial charge in [0.2, 0.25) is 0 Å². The van der Waals surface area contributed by atoms with Crippen LogP contribution in [0.1, 0.15) is 22.8 Å². The SMILES string of the molecule is CCOc1ccc(-n2c(=S)sc3c(=O)n(C)c(SCc4cc(C=O)ccc4OC)nc32)cc1. The second kappa shape index (κ2) is 9.90. The Morgan fingerprint density at radius 1 is 1.21 bits per heavy atom. The van der Waals surface area contributed by atoms with Gasteiger partial charge in [-0.25, -0.2) is 4.98 Å². The van der Waals surface area contributed by atoms with Crippen LogP contribution in [0.25, 0.3) is 16.0 Å². The Bertz CT molecular complexity index is 1440. The third-order valence-corrected chi connectivity index (χ3v) is 7.41. The smallest absolute Gasteiger partial charge is 0.273 e. The second-order valence-electron chi connectivity index (χ2n) is 7.02. The predicted octanol–water partition coefficient (Wildman–Crippen LogP) is 5.03. The van der Waals surface area contributed by atoms with Crippen molar-refractivity contribution >= 4 is 51.9 Å². The van der Waals surface area contributed by atoms with E-state index in [0.717, 1.165) is 23.3 Å². The van der Waals surface area contributed by atoms with Crippen LogP contribution in [0.5, 0.6) is 11.5 Å². The van der Waals surface area contributed by atoms with Gasteiger partial charge in [0, 0.05) is 29.6 Å². The molecule has 0 amide bonds. The number of benzene rings is 2.